The van der Waals surface area contributed by atoms with Gasteiger partial charge in [-0.05, 0) is 20.8 Å². The molecule has 0 aromatic carbocycles. The van der Waals surface area contributed by atoms with E-state index in [4.69, 9.17) is 9.47 Å². The second kappa shape index (κ2) is 4.17. The summed E-state index contributed by atoms with van der Waals surface area (Å²) in [5.74, 6) is 1.85. The van der Waals surface area contributed by atoms with Gasteiger partial charge in [0.05, 0.1) is 25.5 Å². The number of hydrogen-bond acceptors (Lipinski definition) is 5. The van der Waals surface area contributed by atoms with Gasteiger partial charge >= 0.3 is 0 Å². The normalized spacial score (nSPS) is 22.1. The van der Waals surface area contributed by atoms with Crippen molar-refractivity contribution < 1.29 is 9.47 Å². The van der Waals surface area contributed by atoms with Crippen molar-refractivity contribution in [1.29, 1.82) is 0 Å². The molecular formula is C13H19N3O2. The standard InChI is InChI=1S/C13H19N3O2/c1-9-14-11-10(8-18-13(11,2)3)12(15-9)16-4-6-17-7-5-16/h4-8H2,1-3H3. The summed E-state index contributed by atoms with van der Waals surface area (Å²) in [6.07, 6.45) is 0. The van der Waals surface area contributed by atoms with Crippen molar-refractivity contribution in [3.8, 4) is 0 Å². The molecule has 1 aromatic heterocycles. The first-order chi connectivity index (χ1) is 8.58. The van der Waals surface area contributed by atoms with Gasteiger partial charge in [-0.3, -0.25) is 0 Å². The Labute approximate surface area is 107 Å². The van der Waals surface area contributed by atoms with Crippen molar-refractivity contribution in [3.63, 3.8) is 0 Å². The predicted octanol–water partition coefficient (Wildman–Crippen LogP) is 1.39. The van der Waals surface area contributed by atoms with Crippen LogP contribution in [0.4, 0.5) is 5.82 Å². The molecule has 5 heteroatoms. The summed E-state index contributed by atoms with van der Waals surface area (Å²) >= 11 is 0. The number of rotatable bonds is 1. The average molecular weight is 249 g/mol. The zero-order chi connectivity index (χ0) is 12.8. The zero-order valence-electron chi connectivity index (χ0n) is 11.2. The Kier molecular flexibility index (Phi) is 2.75. The van der Waals surface area contributed by atoms with E-state index in [1.807, 2.05) is 6.92 Å². The maximum atomic E-state index is 5.84. The van der Waals surface area contributed by atoms with Crippen LogP contribution in [0, 0.1) is 6.92 Å². The fourth-order valence-corrected chi connectivity index (χ4v) is 2.57. The van der Waals surface area contributed by atoms with Crippen LogP contribution in [-0.2, 0) is 21.7 Å². The predicted molar refractivity (Wildman–Crippen MR) is 67.6 cm³/mol. The van der Waals surface area contributed by atoms with E-state index < -0.39 is 0 Å². The third-order valence-electron chi connectivity index (χ3n) is 3.56. The molecule has 3 rings (SSSR count). The first kappa shape index (κ1) is 11.9. The summed E-state index contributed by atoms with van der Waals surface area (Å²) in [5.41, 5.74) is 1.88. The molecule has 0 aliphatic carbocycles. The molecule has 0 spiro atoms. The fourth-order valence-electron chi connectivity index (χ4n) is 2.57. The molecule has 0 radical (unpaired) electrons. The van der Waals surface area contributed by atoms with Crippen molar-refractivity contribution in [2.45, 2.75) is 33.0 Å². The van der Waals surface area contributed by atoms with Crippen LogP contribution in [0.2, 0.25) is 0 Å². The molecule has 2 aliphatic heterocycles. The average Bonchev–Trinajstić information content (AvgIpc) is 2.66. The SMILES string of the molecule is Cc1nc(N2CCOCC2)c2c(n1)C(C)(C)OC2. The molecule has 0 N–H and O–H groups in total. The number of ether oxygens (including phenoxy) is 2. The van der Waals surface area contributed by atoms with E-state index >= 15 is 0 Å². The Bertz CT molecular complexity index is 468. The highest BCUT2D eigenvalue weighted by Gasteiger charge is 2.36. The summed E-state index contributed by atoms with van der Waals surface area (Å²) in [6.45, 7) is 9.99. The molecule has 0 atom stereocenters. The Morgan fingerprint density at radius 2 is 1.89 bits per heavy atom. The number of nitrogens with zero attached hydrogens (tertiary/aromatic N) is 3. The lowest BCUT2D eigenvalue weighted by Crippen LogP contribution is -2.37. The molecule has 0 saturated carbocycles. The second-order valence-corrected chi connectivity index (χ2v) is 5.32. The number of aromatic nitrogens is 2. The minimum atomic E-state index is -0.302. The van der Waals surface area contributed by atoms with Crippen molar-refractivity contribution in [2.75, 3.05) is 31.2 Å². The number of aryl methyl sites for hydroxylation is 1. The summed E-state index contributed by atoms with van der Waals surface area (Å²) in [6, 6.07) is 0. The van der Waals surface area contributed by atoms with Crippen LogP contribution in [0.3, 0.4) is 0 Å². The summed E-state index contributed by atoms with van der Waals surface area (Å²) in [7, 11) is 0. The van der Waals surface area contributed by atoms with Crippen molar-refractivity contribution in [1.82, 2.24) is 9.97 Å². The van der Waals surface area contributed by atoms with Crippen LogP contribution in [0.1, 0.15) is 30.9 Å². The lowest BCUT2D eigenvalue weighted by molar-refractivity contribution is -0.0101. The lowest BCUT2D eigenvalue weighted by Gasteiger charge is -2.29. The largest absolute Gasteiger partial charge is 0.378 e. The molecule has 5 nitrogen and oxygen atoms in total. The number of hydrogen-bond donors (Lipinski definition) is 0. The topological polar surface area (TPSA) is 47.5 Å². The highest BCUT2D eigenvalue weighted by Crippen LogP contribution is 2.38. The van der Waals surface area contributed by atoms with Crippen LogP contribution >= 0.6 is 0 Å². The van der Waals surface area contributed by atoms with Gasteiger partial charge in [0.1, 0.15) is 17.2 Å². The van der Waals surface area contributed by atoms with Gasteiger partial charge < -0.3 is 14.4 Å². The van der Waals surface area contributed by atoms with Gasteiger partial charge in [0.25, 0.3) is 0 Å². The van der Waals surface area contributed by atoms with E-state index in [1.165, 1.54) is 0 Å². The monoisotopic (exact) mass is 249 g/mol. The highest BCUT2D eigenvalue weighted by atomic mass is 16.5. The molecule has 1 fully saturated rings. The third-order valence-corrected chi connectivity index (χ3v) is 3.56. The van der Waals surface area contributed by atoms with Gasteiger partial charge in [0.15, 0.2) is 0 Å². The maximum Gasteiger partial charge on any atom is 0.138 e. The minimum absolute atomic E-state index is 0.302. The Morgan fingerprint density at radius 1 is 1.17 bits per heavy atom. The van der Waals surface area contributed by atoms with Crippen molar-refractivity contribution in [3.05, 3.63) is 17.1 Å². The van der Waals surface area contributed by atoms with E-state index in [9.17, 15) is 0 Å². The Balaban J connectivity index is 2.05. The molecule has 0 bridgehead atoms. The molecule has 2 aliphatic rings. The summed E-state index contributed by atoms with van der Waals surface area (Å²) in [5, 5.41) is 0. The first-order valence-corrected chi connectivity index (χ1v) is 6.42. The number of morpholine rings is 1. The van der Waals surface area contributed by atoms with Gasteiger partial charge in [-0.25, -0.2) is 9.97 Å². The van der Waals surface area contributed by atoms with Crippen molar-refractivity contribution >= 4 is 5.82 Å². The summed E-state index contributed by atoms with van der Waals surface area (Å²) in [4.78, 5) is 11.5. The van der Waals surface area contributed by atoms with Crippen LogP contribution < -0.4 is 4.90 Å². The van der Waals surface area contributed by atoms with E-state index in [1.54, 1.807) is 0 Å². The Morgan fingerprint density at radius 3 is 2.61 bits per heavy atom. The van der Waals surface area contributed by atoms with E-state index in [-0.39, 0.29) is 5.60 Å². The molecule has 3 heterocycles. The van der Waals surface area contributed by atoms with Crippen LogP contribution in [0.25, 0.3) is 0 Å². The van der Waals surface area contributed by atoms with Gasteiger partial charge in [0.2, 0.25) is 0 Å². The van der Waals surface area contributed by atoms with Gasteiger partial charge in [-0.15, -0.1) is 0 Å². The minimum Gasteiger partial charge on any atom is -0.378 e. The van der Waals surface area contributed by atoms with E-state index in [0.29, 0.717) is 6.61 Å². The molecule has 1 saturated heterocycles. The molecule has 18 heavy (non-hydrogen) atoms. The Hall–Kier alpha value is -1.20. The van der Waals surface area contributed by atoms with Gasteiger partial charge in [-0.1, -0.05) is 0 Å². The molecular weight excluding hydrogens is 230 g/mol. The van der Waals surface area contributed by atoms with Gasteiger partial charge in [-0.2, -0.15) is 0 Å². The second-order valence-electron chi connectivity index (χ2n) is 5.32. The number of fused-ring (bicyclic) bond motifs is 1. The van der Waals surface area contributed by atoms with Crippen LogP contribution in [0.15, 0.2) is 0 Å². The maximum absolute atomic E-state index is 5.84. The zero-order valence-corrected chi connectivity index (χ0v) is 11.2. The van der Waals surface area contributed by atoms with Gasteiger partial charge in [0, 0.05) is 18.7 Å². The fraction of sp³-hybridized carbons (Fsp3) is 0.692. The van der Waals surface area contributed by atoms with Crippen LogP contribution in [0.5, 0.6) is 0 Å². The smallest absolute Gasteiger partial charge is 0.138 e. The van der Waals surface area contributed by atoms with Crippen molar-refractivity contribution in [2.24, 2.45) is 0 Å². The number of anilines is 1. The van der Waals surface area contributed by atoms with E-state index in [0.717, 1.165) is 49.2 Å². The molecule has 1 aromatic rings. The van der Waals surface area contributed by atoms with Crippen LogP contribution in [-0.4, -0.2) is 36.3 Å². The van der Waals surface area contributed by atoms with E-state index in [2.05, 4.69) is 28.7 Å². The summed E-state index contributed by atoms with van der Waals surface area (Å²) < 4.78 is 11.2. The molecule has 98 valence electrons. The lowest BCUT2D eigenvalue weighted by atomic mass is 10.0. The first-order valence-electron chi connectivity index (χ1n) is 6.42. The molecule has 0 amide bonds. The molecule has 0 unspecified atom stereocenters. The third kappa shape index (κ3) is 1.87. The highest BCUT2D eigenvalue weighted by molar-refractivity contribution is 5.52. The quantitative estimate of drug-likeness (QED) is 0.752.